The maximum absolute atomic E-state index is 6.15. The summed E-state index contributed by atoms with van der Waals surface area (Å²) in [5.41, 5.74) is 8.75. The summed E-state index contributed by atoms with van der Waals surface area (Å²) in [6, 6.07) is 9.97. The molecule has 0 amide bonds. The molecule has 0 radical (unpaired) electrons. The van der Waals surface area contributed by atoms with E-state index >= 15 is 0 Å². The van der Waals surface area contributed by atoms with Gasteiger partial charge in [-0.1, -0.05) is 27.5 Å². The van der Waals surface area contributed by atoms with Gasteiger partial charge in [0.05, 0.1) is 34.0 Å². The van der Waals surface area contributed by atoms with Crippen LogP contribution in [0.3, 0.4) is 0 Å². The second-order valence-electron chi connectivity index (χ2n) is 4.79. The number of thiophene rings is 1. The van der Waals surface area contributed by atoms with E-state index < -0.39 is 0 Å². The zero-order valence-electron chi connectivity index (χ0n) is 11.3. The van der Waals surface area contributed by atoms with E-state index in [0.29, 0.717) is 5.69 Å². The van der Waals surface area contributed by atoms with Gasteiger partial charge in [0.1, 0.15) is 0 Å². The molecule has 0 unspecified atom stereocenters. The monoisotopic (exact) mass is 381 g/mol. The lowest BCUT2D eigenvalue weighted by molar-refractivity contribution is 0.946. The van der Waals surface area contributed by atoms with Crippen LogP contribution >= 0.6 is 38.9 Å². The van der Waals surface area contributed by atoms with Crippen molar-refractivity contribution < 1.29 is 0 Å². The van der Waals surface area contributed by atoms with Crippen LogP contribution in [0.25, 0.3) is 10.9 Å². The second-order valence-corrected chi connectivity index (χ2v) is 7.50. The Morgan fingerprint density at radius 1 is 1.33 bits per heavy atom. The first-order chi connectivity index (χ1) is 10.0. The number of hydrogen-bond acceptors (Lipinski definition) is 4. The molecule has 0 aliphatic rings. The zero-order valence-corrected chi connectivity index (χ0v) is 14.5. The normalized spacial score (nSPS) is 11.0. The molecule has 3 rings (SSSR count). The second kappa shape index (κ2) is 5.83. The van der Waals surface area contributed by atoms with Gasteiger partial charge in [0.25, 0.3) is 0 Å². The fraction of sp³-hybridized carbons (Fsp3) is 0.133. The number of anilines is 2. The largest absolute Gasteiger partial charge is 0.396 e. The van der Waals surface area contributed by atoms with E-state index in [1.807, 2.05) is 37.4 Å². The summed E-state index contributed by atoms with van der Waals surface area (Å²) in [5, 5.41) is 1.04. The van der Waals surface area contributed by atoms with Crippen molar-refractivity contribution >= 4 is 61.1 Å². The number of aromatic nitrogens is 1. The molecule has 0 spiro atoms. The van der Waals surface area contributed by atoms with Crippen LogP contribution in [-0.4, -0.2) is 12.0 Å². The minimum absolute atomic E-state index is 0.672. The summed E-state index contributed by atoms with van der Waals surface area (Å²) < 4.78 is 1.81. The SMILES string of the molecule is CN(Cc1ccc(Cl)s1)c1c(N)cnc2ccc(Br)cc12. The van der Waals surface area contributed by atoms with Crippen molar-refractivity contribution in [3.05, 3.63) is 50.2 Å². The summed E-state index contributed by atoms with van der Waals surface area (Å²) >= 11 is 11.1. The quantitative estimate of drug-likeness (QED) is 0.698. The molecule has 2 heterocycles. The Morgan fingerprint density at radius 2 is 2.14 bits per heavy atom. The first-order valence-corrected chi connectivity index (χ1v) is 8.32. The van der Waals surface area contributed by atoms with E-state index in [0.717, 1.165) is 31.9 Å². The van der Waals surface area contributed by atoms with Gasteiger partial charge in [-0.2, -0.15) is 0 Å². The maximum atomic E-state index is 6.15. The number of pyridine rings is 1. The van der Waals surface area contributed by atoms with Crippen molar-refractivity contribution in [3.63, 3.8) is 0 Å². The predicted molar refractivity (Wildman–Crippen MR) is 95.3 cm³/mol. The van der Waals surface area contributed by atoms with Gasteiger partial charge in [-0.25, -0.2) is 0 Å². The maximum Gasteiger partial charge on any atom is 0.0931 e. The van der Waals surface area contributed by atoms with Gasteiger partial charge in [-0.05, 0) is 30.3 Å². The Balaban J connectivity index is 2.05. The fourth-order valence-electron chi connectivity index (χ4n) is 2.34. The average molecular weight is 383 g/mol. The molecular weight excluding hydrogens is 370 g/mol. The highest BCUT2D eigenvalue weighted by molar-refractivity contribution is 9.10. The Labute approximate surface area is 140 Å². The molecule has 2 N–H and O–H groups in total. The minimum Gasteiger partial charge on any atom is -0.396 e. The first kappa shape index (κ1) is 14.6. The lowest BCUT2D eigenvalue weighted by atomic mass is 10.1. The molecule has 6 heteroatoms. The van der Waals surface area contributed by atoms with Crippen LogP contribution in [0.1, 0.15) is 4.88 Å². The third-order valence-corrected chi connectivity index (χ3v) is 4.94. The van der Waals surface area contributed by atoms with Crippen molar-refractivity contribution in [3.8, 4) is 0 Å². The molecule has 108 valence electrons. The smallest absolute Gasteiger partial charge is 0.0931 e. The lowest BCUT2D eigenvalue weighted by Gasteiger charge is -2.22. The van der Waals surface area contributed by atoms with Gasteiger partial charge < -0.3 is 10.6 Å². The third-order valence-electron chi connectivity index (χ3n) is 3.23. The molecular formula is C15H13BrClN3S. The van der Waals surface area contributed by atoms with E-state index in [2.05, 4.69) is 25.8 Å². The Bertz CT molecular complexity index is 797. The minimum atomic E-state index is 0.672. The number of nitrogens with zero attached hydrogens (tertiary/aromatic N) is 2. The van der Waals surface area contributed by atoms with E-state index in [9.17, 15) is 0 Å². The molecule has 0 bridgehead atoms. The zero-order chi connectivity index (χ0) is 15.0. The van der Waals surface area contributed by atoms with Crippen LogP contribution in [0.2, 0.25) is 4.34 Å². The van der Waals surface area contributed by atoms with Gasteiger partial charge >= 0.3 is 0 Å². The molecule has 1 aromatic carbocycles. The van der Waals surface area contributed by atoms with Crippen molar-refractivity contribution in [1.82, 2.24) is 4.98 Å². The Morgan fingerprint density at radius 3 is 2.86 bits per heavy atom. The van der Waals surface area contributed by atoms with E-state index in [-0.39, 0.29) is 0 Å². The lowest BCUT2D eigenvalue weighted by Crippen LogP contribution is -2.17. The molecule has 3 aromatic rings. The molecule has 2 aromatic heterocycles. The molecule has 21 heavy (non-hydrogen) atoms. The number of fused-ring (bicyclic) bond motifs is 1. The fourth-order valence-corrected chi connectivity index (χ4v) is 3.84. The van der Waals surface area contributed by atoms with Gasteiger partial charge in [0.2, 0.25) is 0 Å². The van der Waals surface area contributed by atoms with E-state index in [1.54, 1.807) is 17.5 Å². The highest BCUT2D eigenvalue weighted by atomic mass is 79.9. The Hall–Kier alpha value is -1.30. The molecule has 3 nitrogen and oxygen atoms in total. The van der Waals surface area contributed by atoms with Crippen LogP contribution in [0, 0.1) is 0 Å². The predicted octanol–water partition coefficient (Wildman–Crippen LogP) is 4.93. The van der Waals surface area contributed by atoms with Crippen molar-refractivity contribution in [2.75, 3.05) is 17.7 Å². The van der Waals surface area contributed by atoms with E-state index in [1.165, 1.54) is 4.88 Å². The molecule has 0 saturated heterocycles. The summed E-state index contributed by atoms with van der Waals surface area (Å²) in [6.45, 7) is 0.757. The van der Waals surface area contributed by atoms with Crippen LogP contribution in [0.15, 0.2) is 41.0 Å². The van der Waals surface area contributed by atoms with Crippen LogP contribution in [0.5, 0.6) is 0 Å². The van der Waals surface area contributed by atoms with E-state index in [4.69, 9.17) is 17.3 Å². The van der Waals surface area contributed by atoms with Crippen LogP contribution in [-0.2, 0) is 6.54 Å². The molecule has 0 aliphatic carbocycles. The summed E-state index contributed by atoms with van der Waals surface area (Å²) in [5.74, 6) is 0. The van der Waals surface area contributed by atoms with Gasteiger partial charge in [-0.3, -0.25) is 4.98 Å². The van der Waals surface area contributed by atoms with Crippen molar-refractivity contribution in [1.29, 1.82) is 0 Å². The highest BCUT2D eigenvalue weighted by Crippen LogP contribution is 2.34. The highest BCUT2D eigenvalue weighted by Gasteiger charge is 2.13. The average Bonchev–Trinajstić information content (AvgIpc) is 2.83. The Kier molecular flexibility index (Phi) is 4.06. The van der Waals surface area contributed by atoms with Gasteiger partial charge in [0, 0.05) is 21.8 Å². The third kappa shape index (κ3) is 3.00. The number of benzene rings is 1. The van der Waals surface area contributed by atoms with Crippen LogP contribution in [0.4, 0.5) is 11.4 Å². The first-order valence-electron chi connectivity index (χ1n) is 6.33. The summed E-state index contributed by atoms with van der Waals surface area (Å²) in [4.78, 5) is 7.71. The molecule has 0 aliphatic heterocycles. The topological polar surface area (TPSA) is 42.1 Å². The molecule has 0 atom stereocenters. The summed E-state index contributed by atoms with van der Waals surface area (Å²) in [7, 11) is 2.03. The molecule has 0 fully saturated rings. The van der Waals surface area contributed by atoms with Gasteiger partial charge in [0.15, 0.2) is 0 Å². The van der Waals surface area contributed by atoms with Crippen molar-refractivity contribution in [2.24, 2.45) is 0 Å². The molecule has 0 saturated carbocycles. The summed E-state index contributed by atoms with van der Waals surface area (Å²) in [6.07, 6.45) is 1.71. The van der Waals surface area contributed by atoms with Crippen molar-refractivity contribution in [2.45, 2.75) is 6.54 Å². The number of nitrogens with two attached hydrogens (primary N) is 1. The van der Waals surface area contributed by atoms with Gasteiger partial charge in [-0.15, -0.1) is 11.3 Å². The standard InChI is InChI=1S/C15H13BrClN3S/c1-20(8-10-3-5-14(17)21-10)15-11-6-9(16)2-4-13(11)19-7-12(15)18/h2-7H,8,18H2,1H3. The number of rotatable bonds is 3. The number of hydrogen-bond donors (Lipinski definition) is 1. The number of halogens is 2. The number of nitrogen functional groups attached to an aromatic ring is 1. The van der Waals surface area contributed by atoms with Crippen LogP contribution < -0.4 is 10.6 Å².